The highest BCUT2D eigenvalue weighted by atomic mass is 32.1. The topological polar surface area (TPSA) is 12.5 Å². The predicted molar refractivity (Wildman–Crippen MR) is 69.9 cm³/mol. The van der Waals surface area contributed by atoms with Crippen LogP contribution in [0.5, 0.6) is 0 Å². The standard InChI is InChI=1S/C13H19NOS/c16-9-8-14-7-6-13(10-14)15-11-12-4-2-1-3-5-12/h1-5,13,16H,6-11H2. The van der Waals surface area contributed by atoms with Crippen LogP contribution in [0.4, 0.5) is 0 Å². The Labute approximate surface area is 103 Å². The van der Waals surface area contributed by atoms with E-state index < -0.39 is 0 Å². The van der Waals surface area contributed by atoms with Crippen LogP contribution in [0.2, 0.25) is 0 Å². The lowest BCUT2D eigenvalue weighted by molar-refractivity contribution is 0.0471. The first-order chi connectivity index (χ1) is 7.88. The minimum Gasteiger partial charge on any atom is -0.372 e. The second-order valence-corrected chi connectivity index (χ2v) is 4.68. The molecule has 0 aliphatic carbocycles. The minimum absolute atomic E-state index is 0.403. The Morgan fingerprint density at radius 1 is 1.31 bits per heavy atom. The SMILES string of the molecule is SCCN1CCC(OCc2ccccc2)C1. The summed E-state index contributed by atoms with van der Waals surface area (Å²) in [4.78, 5) is 2.42. The molecule has 2 rings (SSSR count). The molecule has 1 aliphatic rings. The number of hydrogen-bond acceptors (Lipinski definition) is 3. The highest BCUT2D eigenvalue weighted by Crippen LogP contribution is 2.14. The van der Waals surface area contributed by atoms with Crippen molar-refractivity contribution in [1.82, 2.24) is 4.90 Å². The summed E-state index contributed by atoms with van der Waals surface area (Å²) >= 11 is 4.25. The van der Waals surface area contributed by atoms with E-state index in [-0.39, 0.29) is 0 Å². The Bertz CT molecular complexity index is 304. The summed E-state index contributed by atoms with van der Waals surface area (Å²) in [6, 6.07) is 10.4. The van der Waals surface area contributed by atoms with Gasteiger partial charge in [-0.2, -0.15) is 12.6 Å². The first kappa shape index (κ1) is 12.0. The third-order valence-electron chi connectivity index (χ3n) is 2.97. The van der Waals surface area contributed by atoms with Crippen LogP contribution in [0.3, 0.4) is 0 Å². The maximum atomic E-state index is 5.90. The lowest BCUT2D eigenvalue weighted by Gasteiger charge is -2.14. The zero-order valence-electron chi connectivity index (χ0n) is 9.51. The molecule has 1 heterocycles. The molecule has 88 valence electrons. The maximum absolute atomic E-state index is 5.90. The molecule has 16 heavy (non-hydrogen) atoms. The molecule has 3 heteroatoms. The highest BCUT2D eigenvalue weighted by molar-refractivity contribution is 7.80. The number of hydrogen-bond donors (Lipinski definition) is 1. The van der Waals surface area contributed by atoms with Gasteiger partial charge < -0.3 is 4.74 Å². The summed E-state index contributed by atoms with van der Waals surface area (Å²) in [7, 11) is 0. The smallest absolute Gasteiger partial charge is 0.0721 e. The highest BCUT2D eigenvalue weighted by Gasteiger charge is 2.21. The Balaban J connectivity index is 1.72. The number of ether oxygens (including phenoxy) is 1. The fourth-order valence-corrected chi connectivity index (χ4v) is 2.35. The molecule has 1 fully saturated rings. The van der Waals surface area contributed by atoms with E-state index in [2.05, 4.69) is 41.8 Å². The van der Waals surface area contributed by atoms with Crippen LogP contribution in [0.25, 0.3) is 0 Å². The van der Waals surface area contributed by atoms with E-state index in [4.69, 9.17) is 4.74 Å². The van der Waals surface area contributed by atoms with E-state index in [1.807, 2.05) is 6.07 Å². The summed E-state index contributed by atoms with van der Waals surface area (Å²) in [5.74, 6) is 0.936. The van der Waals surface area contributed by atoms with Crippen molar-refractivity contribution in [1.29, 1.82) is 0 Å². The third kappa shape index (κ3) is 3.51. The van der Waals surface area contributed by atoms with Crippen LogP contribution in [0.1, 0.15) is 12.0 Å². The Kier molecular flexibility index (Phi) is 4.69. The van der Waals surface area contributed by atoms with Crippen molar-refractivity contribution in [2.75, 3.05) is 25.4 Å². The molecule has 0 radical (unpaired) electrons. The minimum atomic E-state index is 0.403. The predicted octanol–water partition coefficient (Wildman–Crippen LogP) is 2.21. The molecule has 1 aromatic rings. The molecule has 1 aliphatic heterocycles. The van der Waals surface area contributed by atoms with Crippen molar-refractivity contribution in [3.63, 3.8) is 0 Å². The van der Waals surface area contributed by atoms with Crippen LogP contribution in [-0.2, 0) is 11.3 Å². The van der Waals surface area contributed by atoms with Gasteiger partial charge in [-0.25, -0.2) is 0 Å². The summed E-state index contributed by atoms with van der Waals surface area (Å²) in [5, 5.41) is 0. The molecule has 0 bridgehead atoms. The lowest BCUT2D eigenvalue weighted by Crippen LogP contribution is -2.25. The van der Waals surface area contributed by atoms with Gasteiger partial charge in [0.05, 0.1) is 12.7 Å². The van der Waals surface area contributed by atoms with Crippen LogP contribution < -0.4 is 0 Å². The molecule has 0 saturated carbocycles. The molecule has 1 saturated heterocycles. The zero-order valence-corrected chi connectivity index (χ0v) is 10.4. The number of nitrogens with zero attached hydrogens (tertiary/aromatic N) is 1. The van der Waals surface area contributed by atoms with Gasteiger partial charge in [-0.05, 0) is 12.0 Å². The van der Waals surface area contributed by atoms with E-state index in [0.29, 0.717) is 6.10 Å². The number of thiol groups is 1. The molecule has 2 nitrogen and oxygen atoms in total. The first-order valence-electron chi connectivity index (χ1n) is 5.87. The summed E-state index contributed by atoms with van der Waals surface area (Å²) < 4.78 is 5.90. The molecule has 0 amide bonds. The van der Waals surface area contributed by atoms with Gasteiger partial charge in [0.2, 0.25) is 0 Å². The number of benzene rings is 1. The molecule has 1 unspecified atom stereocenters. The fraction of sp³-hybridized carbons (Fsp3) is 0.538. The van der Waals surface area contributed by atoms with E-state index >= 15 is 0 Å². The second-order valence-electron chi connectivity index (χ2n) is 4.23. The largest absolute Gasteiger partial charge is 0.372 e. The molecule has 1 atom stereocenters. The fourth-order valence-electron chi connectivity index (χ4n) is 2.07. The molecule has 0 aromatic heterocycles. The quantitative estimate of drug-likeness (QED) is 0.788. The van der Waals surface area contributed by atoms with Crippen molar-refractivity contribution in [2.24, 2.45) is 0 Å². The third-order valence-corrected chi connectivity index (χ3v) is 3.17. The van der Waals surface area contributed by atoms with Gasteiger partial charge in [0.15, 0.2) is 0 Å². The molecule has 0 spiro atoms. The van der Waals surface area contributed by atoms with Gasteiger partial charge in [0.1, 0.15) is 0 Å². The van der Waals surface area contributed by atoms with E-state index in [1.54, 1.807) is 0 Å². The van der Waals surface area contributed by atoms with Gasteiger partial charge >= 0.3 is 0 Å². The Morgan fingerprint density at radius 2 is 2.12 bits per heavy atom. The lowest BCUT2D eigenvalue weighted by atomic mass is 10.2. The van der Waals surface area contributed by atoms with Gasteiger partial charge in [-0.15, -0.1) is 0 Å². The van der Waals surface area contributed by atoms with Crippen molar-refractivity contribution in [3.8, 4) is 0 Å². The number of rotatable bonds is 5. The zero-order chi connectivity index (χ0) is 11.2. The molecule has 1 aromatic carbocycles. The molecular weight excluding hydrogens is 218 g/mol. The molecule has 0 N–H and O–H groups in total. The van der Waals surface area contributed by atoms with E-state index in [9.17, 15) is 0 Å². The van der Waals surface area contributed by atoms with Gasteiger partial charge in [-0.1, -0.05) is 30.3 Å². The van der Waals surface area contributed by atoms with Gasteiger partial charge in [0.25, 0.3) is 0 Å². The monoisotopic (exact) mass is 237 g/mol. The van der Waals surface area contributed by atoms with Crippen LogP contribution >= 0.6 is 12.6 Å². The Hall–Kier alpha value is -0.510. The van der Waals surface area contributed by atoms with Gasteiger partial charge in [-0.3, -0.25) is 4.90 Å². The van der Waals surface area contributed by atoms with Crippen molar-refractivity contribution >= 4 is 12.6 Å². The Morgan fingerprint density at radius 3 is 2.88 bits per heavy atom. The summed E-state index contributed by atoms with van der Waals surface area (Å²) in [6.07, 6.45) is 1.56. The average molecular weight is 237 g/mol. The summed E-state index contributed by atoms with van der Waals surface area (Å²) in [6.45, 7) is 4.03. The second kappa shape index (κ2) is 6.28. The maximum Gasteiger partial charge on any atom is 0.0721 e. The van der Waals surface area contributed by atoms with Gasteiger partial charge in [0, 0.05) is 25.4 Å². The normalized spacial score (nSPS) is 21.4. The van der Waals surface area contributed by atoms with Crippen molar-refractivity contribution < 1.29 is 4.74 Å². The van der Waals surface area contributed by atoms with Crippen molar-refractivity contribution in [3.05, 3.63) is 35.9 Å². The average Bonchev–Trinajstić information content (AvgIpc) is 2.76. The molecular formula is C13H19NOS. The van der Waals surface area contributed by atoms with Crippen molar-refractivity contribution in [2.45, 2.75) is 19.1 Å². The number of likely N-dealkylation sites (tertiary alicyclic amines) is 1. The first-order valence-corrected chi connectivity index (χ1v) is 6.50. The summed E-state index contributed by atoms with van der Waals surface area (Å²) in [5.41, 5.74) is 1.26. The van der Waals surface area contributed by atoms with E-state index in [1.165, 1.54) is 5.56 Å². The van der Waals surface area contributed by atoms with Crippen LogP contribution in [0.15, 0.2) is 30.3 Å². The van der Waals surface area contributed by atoms with E-state index in [0.717, 1.165) is 38.4 Å². The van der Waals surface area contributed by atoms with Crippen LogP contribution in [-0.4, -0.2) is 36.4 Å². The van der Waals surface area contributed by atoms with Crippen LogP contribution in [0, 0.1) is 0 Å².